The molecular formula is C25H28N2O3S. The molecule has 0 amide bonds. The van der Waals surface area contributed by atoms with E-state index in [1.165, 1.54) is 3.97 Å². The minimum atomic E-state index is -3.79. The molecule has 6 heteroatoms. The highest BCUT2D eigenvalue weighted by molar-refractivity contribution is 7.90. The Morgan fingerprint density at radius 1 is 0.903 bits per heavy atom. The number of aromatic nitrogens is 1. The Labute approximate surface area is 183 Å². The molecule has 4 aromatic rings. The Morgan fingerprint density at radius 2 is 1.58 bits per heavy atom. The SMILES string of the molecule is CCN(CC)CCOc1c(C)n(S(=O)(=O)c2ccc3ccccc3c2)c2ccccc12. The summed E-state index contributed by atoms with van der Waals surface area (Å²) in [4.78, 5) is 2.55. The van der Waals surface area contributed by atoms with Gasteiger partial charge >= 0.3 is 0 Å². The topological polar surface area (TPSA) is 51.5 Å². The summed E-state index contributed by atoms with van der Waals surface area (Å²) >= 11 is 0. The Kier molecular flexibility index (Phi) is 6.03. The first-order valence-corrected chi connectivity index (χ1v) is 12.1. The summed E-state index contributed by atoms with van der Waals surface area (Å²) in [7, 11) is -3.79. The molecule has 162 valence electrons. The summed E-state index contributed by atoms with van der Waals surface area (Å²) in [5.74, 6) is 0.632. The van der Waals surface area contributed by atoms with Crippen LogP contribution >= 0.6 is 0 Å². The summed E-state index contributed by atoms with van der Waals surface area (Å²) < 4.78 is 35.0. The van der Waals surface area contributed by atoms with E-state index in [9.17, 15) is 8.42 Å². The summed E-state index contributed by atoms with van der Waals surface area (Å²) in [5.41, 5.74) is 1.22. The van der Waals surface area contributed by atoms with E-state index in [2.05, 4.69) is 18.7 Å². The molecule has 0 N–H and O–H groups in total. The van der Waals surface area contributed by atoms with Crippen LogP contribution in [0, 0.1) is 6.92 Å². The van der Waals surface area contributed by atoms with E-state index in [1.54, 1.807) is 12.1 Å². The van der Waals surface area contributed by atoms with Crippen molar-refractivity contribution in [2.45, 2.75) is 25.7 Å². The van der Waals surface area contributed by atoms with Crippen LogP contribution in [0.4, 0.5) is 0 Å². The van der Waals surface area contributed by atoms with Crippen LogP contribution in [-0.4, -0.2) is 43.5 Å². The van der Waals surface area contributed by atoms with E-state index in [-0.39, 0.29) is 4.90 Å². The number of hydrogen-bond acceptors (Lipinski definition) is 4. The molecule has 4 rings (SSSR count). The molecule has 0 saturated carbocycles. The summed E-state index contributed by atoms with van der Waals surface area (Å²) in [6.07, 6.45) is 0. The summed E-state index contributed by atoms with van der Waals surface area (Å²) in [6, 6.07) is 20.5. The number of para-hydroxylation sites is 1. The molecule has 5 nitrogen and oxygen atoms in total. The van der Waals surface area contributed by atoms with Gasteiger partial charge in [0.15, 0.2) is 0 Å². The number of fused-ring (bicyclic) bond motifs is 2. The molecule has 0 saturated heterocycles. The lowest BCUT2D eigenvalue weighted by atomic mass is 10.1. The maximum atomic E-state index is 13.7. The zero-order chi connectivity index (χ0) is 22.0. The number of benzene rings is 3. The van der Waals surface area contributed by atoms with E-state index in [1.807, 2.05) is 61.5 Å². The van der Waals surface area contributed by atoms with Crippen molar-refractivity contribution in [1.82, 2.24) is 8.87 Å². The average molecular weight is 437 g/mol. The van der Waals surface area contributed by atoms with Crippen molar-refractivity contribution in [1.29, 1.82) is 0 Å². The number of likely N-dealkylation sites (N-methyl/N-ethyl adjacent to an activating group) is 1. The molecule has 0 bridgehead atoms. The second-order valence-electron chi connectivity index (χ2n) is 7.59. The Morgan fingerprint density at radius 3 is 2.32 bits per heavy atom. The minimum Gasteiger partial charge on any atom is -0.490 e. The third kappa shape index (κ3) is 3.93. The molecule has 0 fully saturated rings. The first-order valence-electron chi connectivity index (χ1n) is 10.7. The molecule has 31 heavy (non-hydrogen) atoms. The largest absolute Gasteiger partial charge is 0.490 e. The first kappa shape index (κ1) is 21.4. The van der Waals surface area contributed by atoms with Gasteiger partial charge in [-0.15, -0.1) is 0 Å². The lowest BCUT2D eigenvalue weighted by Gasteiger charge is -2.18. The summed E-state index contributed by atoms with van der Waals surface area (Å²) in [5, 5.41) is 2.72. The van der Waals surface area contributed by atoms with Crippen LogP contribution in [0.25, 0.3) is 21.7 Å². The Bertz CT molecular complexity index is 1320. The highest BCUT2D eigenvalue weighted by atomic mass is 32.2. The second-order valence-corrected chi connectivity index (χ2v) is 9.37. The van der Waals surface area contributed by atoms with Crippen LogP contribution in [0.1, 0.15) is 19.5 Å². The van der Waals surface area contributed by atoms with Gasteiger partial charge in [-0.05, 0) is 55.1 Å². The van der Waals surface area contributed by atoms with E-state index >= 15 is 0 Å². The van der Waals surface area contributed by atoms with Crippen molar-refractivity contribution in [2.24, 2.45) is 0 Å². The van der Waals surface area contributed by atoms with Gasteiger partial charge in [-0.2, -0.15) is 0 Å². The highest BCUT2D eigenvalue weighted by Gasteiger charge is 2.26. The van der Waals surface area contributed by atoms with Gasteiger partial charge in [-0.1, -0.05) is 56.3 Å². The van der Waals surface area contributed by atoms with Crippen LogP contribution < -0.4 is 4.74 Å². The monoisotopic (exact) mass is 436 g/mol. The van der Waals surface area contributed by atoms with Crippen molar-refractivity contribution in [3.63, 3.8) is 0 Å². The van der Waals surface area contributed by atoms with Crippen molar-refractivity contribution < 1.29 is 13.2 Å². The normalized spacial score (nSPS) is 12.1. The number of hydrogen-bond donors (Lipinski definition) is 0. The van der Waals surface area contributed by atoms with E-state index < -0.39 is 10.0 Å². The van der Waals surface area contributed by atoms with Gasteiger partial charge in [0.1, 0.15) is 12.4 Å². The first-order chi connectivity index (χ1) is 15.0. The standard InChI is InChI=1S/C25H28N2O3S/c1-4-26(5-2)16-17-30-25-19(3)27(24-13-9-8-12-23(24)25)31(28,29)22-15-14-20-10-6-7-11-21(20)18-22/h6-15,18H,4-5,16-17H2,1-3H3. The van der Waals surface area contributed by atoms with Gasteiger partial charge in [-0.25, -0.2) is 12.4 Å². The zero-order valence-corrected chi connectivity index (χ0v) is 19.0. The van der Waals surface area contributed by atoms with Crippen LogP contribution in [0.5, 0.6) is 5.75 Å². The third-order valence-electron chi connectivity index (χ3n) is 5.81. The second kappa shape index (κ2) is 8.73. The fraction of sp³-hybridized carbons (Fsp3) is 0.280. The van der Waals surface area contributed by atoms with Gasteiger partial charge in [0.05, 0.1) is 16.1 Å². The summed E-state index contributed by atoms with van der Waals surface area (Å²) in [6.45, 7) is 9.27. The van der Waals surface area contributed by atoms with Gasteiger partial charge < -0.3 is 9.64 Å². The molecule has 0 radical (unpaired) electrons. The van der Waals surface area contributed by atoms with Crippen LogP contribution in [-0.2, 0) is 10.0 Å². The van der Waals surface area contributed by atoms with Gasteiger partial charge in [-0.3, -0.25) is 0 Å². The van der Waals surface area contributed by atoms with Crippen molar-refractivity contribution in [2.75, 3.05) is 26.2 Å². The number of rotatable bonds is 8. The molecule has 1 heterocycles. The molecule has 3 aromatic carbocycles. The Hall–Kier alpha value is -2.83. The molecule has 0 aliphatic carbocycles. The highest BCUT2D eigenvalue weighted by Crippen LogP contribution is 2.36. The van der Waals surface area contributed by atoms with Gasteiger partial charge in [0, 0.05) is 11.9 Å². The molecule has 0 unspecified atom stereocenters. The predicted octanol–water partition coefficient (Wildman–Crippen LogP) is 5.06. The van der Waals surface area contributed by atoms with E-state index in [0.717, 1.165) is 35.8 Å². The fourth-order valence-corrected chi connectivity index (χ4v) is 5.64. The minimum absolute atomic E-state index is 0.268. The zero-order valence-electron chi connectivity index (χ0n) is 18.2. The van der Waals surface area contributed by atoms with Crippen LogP contribution in [0.15, 0.2) is 71.6 Å². The van der Waals surface area contributed by atoms with Gasteiger partial charge in [0.25, 0.3) is 10.0 Å². The number of ether oxygens (including phenoxy) is 1. The smallest absolute Gasteiger partial charge is 0.268 e. The van der Waals surface area contributed by atoms with E-state index in [0.29, 0.717) is 23.6 Å². The van der Waals surface area contributed by atoms with Crippen LogP contribution in [0.3, 0.4) is 0 Å². The van der Waals surface area contributed by atoms with Crippen molar-refractivity contribution in [3.8, 4) is 5.75 Å². The molecule has 0 spiro atoms. The average Bonchev–Trinajstić information content (AvgIpc) is 3.08. The van der Waals surface area contributed by atoms with Crippen LogP contribution in [0.2, 0.25) is 0 Å². The fourth-order valence-electron chi connectivity index (χ4n) is 4.05. The maximum absolute atomic E-state index is 13.7. The molecule has 0 aliphatic rings. The molecule has 0 atom stereocenters. The van der Waals surface area contributed by atoms with E-state index in [4.69, 9.17) is 4.74 Å². The van der Waals surface area contributed by atoms with Crippen molar-refractivity contribution in [3.05, 3.63) is 72.4 Å². The third-order valence-corrected chi connectivity index (χ3v) is 7.61. The lowest BCUT2D eigenvalue weighted by molar-refractivity contribution is 0.223. The quantitative estimate of drug-likeness (QED) is 0.387. The molecular weight excluding hydrogens is 408 g/mol. The lowest BCUT2D eigenvalue weighted by Crippen LogP contribution is -2.28. The number of nitrogens with zero attached hydrogens (tertiary/aromatic N) is 2. The molecule has 0 aliphatic heterocycles. The van der Waals surface area contributed by atoms with Gasteiger partial charge in [0.2, 0.25) is 0 Å². The van der Waals surface area contributed by atoms with Crippen molar-refractivity contribution >= 4 is 31.7 Å². The predicted molar refractivity (Wildman–Crippen MR) is 126 cm³/mol. The Balaban J connectivity index is 1.78. The maximum Gasteiger partial charge on any atom is 0.268 e. The molecule has 1 aromatic heterocycles.